The van der Waals surface area contributed by atoms with Crippen LogP contribution in [0.2, 0.25) is 0 Å². The number of carbonyl (C=O) groups is 2. The standard InChI is InChI=1S/C18H16F3NO3/c1-11-6-7-15(12(2)8-11)22-16(23)10-25-17(24)13-4-3-5-14(9-13)18(19,20)21/h3-9H,10H2,1-2H3,(H,22,23). The molecule has 0 aliphatic heterocycles. The Balaban J connectivity index is 1.96. The highest BCUT2D eigenvalue weighted by molar-refractivity contribution is 5.96. The summed E-state index contributed by atoms with van der Waals surface area (Å²) in [6.07, 6.45) is -4.56. The molecule has 0 unspecified atom stereocenters. The molecule has 2 aromatic carbocycles. The third-order valence-corrected chi connectivity index (χ3v) is 3.42. The second-order valence-corrected chi connectivity index (χ2v) is 5.52. The van der Waals surface area contributed by atoms with E-state index in [1.807, 2.05) is 26.0 Å². The Morgan fingerprint density at radius 3 is 2.44 bits per heavy atom. The fraction of sp³-hybridized carbons (Fsp3) is 0.222. The predicted octanol–water partition coefficient (Wildman–Crippen LogP) is 4.12. The van der Waals surface area contributed by atoms with Crippen molar-refractivity contribution in [3.05, 3.63) is 64.7 Å². The first kappa shape index (κ1) is 18.5. The van der Waals surface area contributed by atoms with Crippen molar-refractivity contribution in [2.24, 2.45) is 0 Å². The number of amides is 1. The molecule has 2 aromatic rings. The van der Waals surface area contributed by atoms with Crippen LogP contribution in [-0.2, 0) is 15.7 Å². The van der Waals surface area contributed by atoms with Gasteiger partial charge in [0.25, 0.3) is 5.91 Å². The van der Waals surface area contributed by atoms with E-state index in [-0.39, 0.29) is 5.56 Å². The molecule has 4 nitrogen and oxygen atoms in total. The zero-order chi connectivity index (χ0) is 18.6. The second-order valence-electron chi connectivity index (χ2n) is 5.52. The molecule has 0 saturated carbocycles. The van der Waals surface area contributed by atoms with Gasteiger partial charge >= 0.3 is 12.1 Å². The topological polar surface area (TPSA) is 55.4 Å². The number of nitrogens with one attached hydrogen (secondary N) is 1. The van der Waals surface area contributed by atoms with Crippen LogP contribution in [0.4, 0.5) is 18.9 Å². The summed E-state index contributed by atoms with van der Waals surface area (Å²) in [5.41, 5.74) is 1.23. The van der Waals surface area contributed by atoms with Crippen molar-refractivity contribution in [3.63, 3.8) is 0 Å². The average molecular weight is 351 g/mol. The van der Waals surface area contributed by atoms with E-state index in [1.165, 1.54) is 6.07 Å². The van der Waals surface area contributed by atoms with Gasteiger partial charge in [0.05, 0.1) is 11.1 Å². The third kappa shape index (κ3) is 5.07. The zero-order valence-electron chi connectivity index (χ0n) is 13.6. The van der Waals surface area contributed by atoms with Gasteiger partial charge in [-0.25, -0.2) is 4.79 Å². The fourth-order valence-corrected chi connectivity index (χ4v) is 2.18. The molecule has 1 amide bonds. The number of rotatable bonds is 4. The molecule has 0 aromatic heterocycles. The molecule has 1 N–H and O–H groups in total. The first-order chi connectivity index (χ1) is 11.7. The Labute approximate surface area is 142 Å². The molecule has 2 rings (SSSR count). The maximum atomic E-state index is 12.6. The highest BCUT2D eigenvalue weighted by Gasteiger charge is 2.31. The van der Waals surface area contributed by atoms with Crippen LogP contribution in [0.5, 0.6) is 0 Å². The number of benzene rings is 2. The van der Waals surface area contributed by atoms with Gasteiger partial charge in [0, 0.05) is 5.69 Å². The molecule has 0 bridgehead atoms. The van der Waals surface area contributed by atoms with Gasteiger partial charge in [-0.2, -0.15) is 13.2 Å². The molecule has 132 valence electrons. The van der Waals surface area contributed by atoms with Crippen LogP contribution in [-0.4, -0.2) is 18.5 Å². The maximum Gasteiger partial charge on any atom is 0.416 e. The quantitative estimate of drug-likeness (QED) is 0.843. The van der Waals surface area contributed by atoms with Gasteiger partial charge < -0.3 is 10.1 Å². The van der Waals surface area contributed by atoms with E-state index in [1.54, 1.807) is 6.07 Å². The summed E-state index contributed by atoms with van der Waals surface area (Å²) < 4.78 is 42.7. The van der Waals surface area contributed by atoms with Crippen molar-refractivity contribution in [2.75, 3.05) is 11.9 Å². The molecule has 0 aliphatic carbocycles. The largest absolute Gasteiger partial charge is 0.452 e. The Morgan fingerprint density at radius 2 is 1.80 bits per heavy atom. The molecule has 0 fully saturated rings. The average Bonchev–Trinajstić information content (AvgIpc) is 2.54. The van der Waals surface area contributed by atoms with Crippen molar-refractivity contribution in [3.8, 4) is 0 Å². The maximum absolute atomic E-state index is 12.6. The molecule has 0 spiro atoms. The molecule has 0 atom stereocenters. The summed E-state index contributed by atoms with van der Waals surface area (Å²) in [6.45, 7) is 3.13. The zero-order valence-corrected chi connectivity index (χ0v) is 13.6. The Bertz CT molecular complexity index is 800. The molecular formula is C18H16F3NO3. The molecule has 7 heteroatoms. The Morgan fingerprint density at radius 1 is 1.08 bits per heavy atom. The number of hydrogen-bond donors (Lipinski definition) is 1. The number of ether oxygens (including phenoxy) is 1. The number of halogens is 3. The van der Waals surface area contributed by atoms with Crippen molar-refractivity contribution in [1.82, 2.24) is 0 Å². The molecule has 0 radical (unpaired) electrons. The van der Waals surface area contributed by atoms with E-state index >= 15 is 0 Å². The number of aryl methyl sites for hydroxylation is 2. The lowest BCUT2D eigenvalue weighted by molar-refractivity contribution is -0.137. The number of anilines is 1. The highest BCUT2D eigenvalue weighted by atomic mass is 19.4. The van der Waals surface area contributed by atoms with Gasteiger partial charge in [-0.05, 0) is 43.7 Å². The van der Waals surface area contributed by atoms with Crippen LogP contribution in [0.15, 0.2) is 42.5 Å². The molecular weight excluding hydrogens is 335 g/mol. The first-order valence-corrected chi connectivity index (χ1v) is 7.38. The van der Waals surface area contributed by atoms with Gasteiger partial charge in [0.2, 0.25) is 0 Å². The molecule has 0 saturated heterocycles. The minimum absolute atomic E-state index is 0.269. The third-order valence-electron chi connectivity index (χ3n) is 3.42. The number of carbonyl (C=O) groups excluding carboxylic acids is 2. The highest BCUT2D eigenvalue weighted by Crippen LogP contribution is 2.29. The summed E-state index contributed by atoms with van der Waals surface area (Å²) >= 11 is 0. The van der Waals surface area contributed by atoms with Crippen molar-refractivity contribution < 1.29 is 27.5 Å². The summed E-state index contributed by atoms with van der Waals surface area (Å²) in [5, 5.41) is 2.58. The van der Waals surface area contributed by atoms with E-state index in [4.69, 9.17) is 4.74 Å². The summed E-state index contributed by atoms with van der Waals surface area (Å²) in [6, 6.07) is 9.25. The Hall–Kier alpha value is -2.83. The van der Waals surface area contributed by atoms with E-state index in [0.717, 1.165) is 23.3 Å². The van der Waals surface area contributed by atoms with E-state index in [9.17, 15) is 22.8 Å². The monoisotopic (exact) mass is 351 g/mol. The van der Waals surface area contributed by atoms with Gasteiger partial charge in [0.15, 0.2) is 6.61 Å². The first-order valence-electron chi connectivity index (χ1n) is 7.38. The second kappa shape index (κ2) is 7.38. The van der Waals surface area contributed by atoms with Crippen LogP contribution in [0.1, 0.15) is 27.0 Å². The van der Waals surface area contributed by atoms with E-state index < -0.39 is 30.2 Å². The van der Waals surface area contributed by atoms with E-state index in [2.05, 4.69) is 5.32 Å². The molecule has 25 heavy (non-hydrogen) atoms. The van der Waals surface area contributed by atoms with Gasteiger partial charge in [-0.15, -0.1) is 0 Å². The lowest BCUT2D eigenvalue weighted by atomic mass is 10.1. The van der Waals surface area contributed by atoms with Gasteiger partial charge in [0.1, 0.15) is 0 Å². The van der Waals surface area contributed by atoms with E-state index in [0.29, 0.717) is 11.8 Å². The van der Waals surface area contributed by atoms with Crippen LogP contribution >= 0.6 is 0 Å². The predicted molar refractivity (Wildman–Crippen MR) is 86.3 cm³/mol. The Kier molecular flexibility index (Phi) is 5.46. The van der Waals surface area contributed by atoms with Crippen molar-refractivity contribution in [2.45, 2.75) is 20.0 Å². The smallest absolute Gasteiger partial charge is 0.416 e. The van der Waals surface area contributed by atoms with Crippen molar-refractivity contribution in [1.29, 1.82) is 0 Å². The van der Waals surface area contributed by atoms with Crippen LogP contribution in [0, 0.1) is 13.8 Å². The number of esters is 1. The summed E-state index contributed by atoms with van der Waals surface area (Å²) in [4.78, 5) is 23.7. The normalized spacial score (nSPS) is 11.1. The van der Waals surface area contributed by atoms with Crippen LogP contribution in [0.3, 0.4) is 0 Å². The minimum Gasteiger partial charge on any atom is -0.452 e. The van der Waals surface area contributed by atoms with Crippen LogP contribution < -0.4 is 5.32 Å². The number of alkyl halides is 3. The molecule has 0 heterocycles. The summed E-state index contributed by atoms with van der Waals surface area (Å²) in [7, 11) is 0. The fourth-order valence-electron chi connectivity index (χ4n) is 2.18. The summed E-state index contributed by atoms with van der Waals surface area (Å²) in [5.74, 6) is -1.57. The minimum atomic E-state index is -4.56. The SMILES string of the molecule is Cc1ccc(NC(=O)COC(=O)c2cccc(C(F)(F)F)c2)c(C)c1. The van der Waals surface area contributed by atoms with Crippen LogP contribution in [0.25, 0.3) is 0 Å². The lowest BCUT2D eigenvalue weighted by Gasteiger charge is -2.10. The van der Waals surface area contributed by atoms with Gasteiger partial charge in [-0.1, -0.05) is 23.8 Å². The van der Waals surface area contributed by atoms with Gasteiger partial charge in [-0.3, -0.25) is 4.79 Å². The lowest BCUT2D eigenvalue weighted by Crippen LogP contribution is -2.21. The number of hydrogen-bond acceptors (Lipinski definition) is 3. The van der Waals surface area contributed by atoms with Crippen molar-refractivity contribution >= 4 is 17.6 Å². The molecule has 0 aliphatic rings.